The summed E-state index contributed by atoms with van der Waals surface area (Å²) >= 11 is 0. The smallest absolute Gasteiger partial charge is 0.304 e. The van der Waals surface area contributed by atoms with E-state index in [-0.39, 0.29) is 24.2 Å². The Balaban J connectivity index is 2.06. The molecule has 2 rings (SSSR count). The zero-order valence-electron chi connectivity index (χ0n) is 13.4. The summed E-state index contributed by atoms with van der Waals surface area (Å²) < 4.78 is 14.1. The molecule has 1 N–H and O–H groups in total. The number of carboxylic acid groups (broad SMARTS) is 1. The monoisotopic (exact) mass is 322 g/mol. The molecule has 0 aromatic heterocycles. The second-order valence-electron chi connectivity index (χ2n) is 5.79. The molecule has 1 aromatic rings. The standard InChI is InChI=1S/C17H23FN2O3/c1-2-16(21)20(15-6-4-3-5-14(15)18)13-7-10-19(11-8-13)12-9-17(22)23/h3-6,13H,2,7-12H2,1H3,(H,22,23). The number of rotatable bonds is 6. The van der Waals surface area contributed by atoms with E-state index in [0.717, 1.165) is 25.9 Å². The lowest BCUT2D eigenvalue weighted by Crippen LogP contribution is -2.48. The Morgan fingerprint density at radius 3 is 2.52 bits per heavy atom. The molecule has 6 heteroatoms. The maximum Gasteiger partial charge on any atom is 0.304 e. The van der Waals surface area contributed by atoms with Crippen molar-refractivity contribution in [3.8, 4) is 0 Å². The second kappa shape index (κ2) is 8.06. The third kappa shape index (κ3) is 4.51. The predicted octanol–water partition coefficient (Wildman–Crippen LogP) is 2.51. The molecule has 0 atom stereocenters. The number of hydrogen-bond acceptors (Lipinski definition) is 3. The molecule has 0 radical (unpaired) electrons. The highest BCUT2D eigenvalue weighted by Crippen LogP contribution is 2.27. The van der Waals surface area contributed by atoms with Crippen LogP contribution in [0.5, 0.6) is 0 Å². The molecule has 1 aromatic carbocycles. The second-order valence-corrected chi connectivity index (χ2v) is 5.79. The van der Waals surface area contributed by atoms with Crippen molar-refractivity contribution >= 4 is 17.6 Å². The highest BCUT2D eigenvalue weighted by molar-refractivity contribution is 5.93. The van der Waals surface area contributed by atoms with Gasteiger partial charge >= 0.3 is 5.97 Å². The maximum absolute atomic E-state index is 14.1. The predicted molar refractivity (Wildman–Crippen MR) is 85.9 cm³/mol. The van der Waals surface area contributed by atoms with Gasteiger partial charge in [-0.3, -0.25) is 9.59 Å². The number of nitrogens with zero attached hydrogens (tertiary/aromatic N) is 2. The van der Waals surface area contributed by atoms with Crippen molar-refractivity contribution in [3.05, 3.63) is 30.1 Å². The summed E-state index contributed by atoms with van der Waals surface area (Å²) in [6.07, 6.45) is 1.89. The fraction of sp³-hybridized carbons (Fsp3) is 0.529. The number of carbonyl (C=O) groups excluding carboxylic acids is 1. The Hall–Kier alpha value is -1.95. The van der Waals surface area contributed by atoms with Crippen molar-refractivity contribution in [1.29, 1.82) is 0 Å². The summed E-state index contributed by atoms with van der Waals surface area (Å²) in [6.45, 7) is 3.74. The van der Waals surface area contributed by atoms with Crippen molar-refractivity contribution in [3.63, 3.8) is 0 Å². The molecule has 1 fully saturated rings. The van der Waals surface area contributed by atoms with Crippen molar-refractivity contribution in [1.82, 2.24) is 4.90 Å². The molecule has 126 valence electrons. The number of piperidine rings is 1. The molecule has 0 spiro atoms. The van der Waals surface area contributed by atoms with Crippen LogP contribution in [0.15, 0.2) is 24.3 Å². The summed E-state index contributed by atoms with van der Waals surface area (Å²) in [4.78, 5) is 26.6. The van der Waals surface area contributed by atoms with Gasteiger partial charge in [-0.2, -0.15) is 0 Å². The SMILES string of the molecule is CCC(=O)N(c1ccccc1F)C1CCN(CCC(=O)O)CC1. The average molecular weight is 322 g/mol. The number of amides is 1. The van der Waals surface area contributed by atoms with Gasteiger partial charge in [0.05, 0.1) is 12.1 Å². The number of halogens is 1. The van der Waals surface area contributed by atoms with Crippen LogP contribution in [0.3, 0.4) is 0 Å². The van der Waals surface area contributed by atoms with Gasteiger partial charge in [-0.15, -0.1) is 0 Å². The lowest BCUT2D eigenvalue weighted by atomic mass is 10.0. The molecular weight excluding hydrogens is 299 g/mol. The third-order valence-corrected chi connectivity index (χ3v) is 4.25. The Kier molecular flexibility index (Phi) is 6.10. The number of carbonyl (C=O) groups is 2. The number of likely N-dealkylation sites (tertiary alicyclic amines) is 1. The number of anilines is 1. The summed E-state index contributed by atoms with van der Waals surface area (Å²) in [5.74, 6) is -1.28. The summed E-state index contributed by atoms with van der Waals surface area (Å²) in [6, 6.07) is 6.31. The highest BCUT2D eigenvalue weighted by atomic mass is 19.1. The van der Waals surface area contributed by atoms with E-state index < -0.39 is 5.97 Å². The molecular formula is C17H23FN2O3. The van der Waals surface area contributed by atoms with E-state index in [1.54, 1.807) is 30.0 Å². The minimum absolute atomic E-state index is 0.0413. The van der Waals surface area contributed by atoms with Crippen LogP contribution in [-0.2, 0) is 9.59 Å². The van der Waals surface area contributed by atoms with E-state index in [1.807, 2.05) is 0 Å². The third-order valence-electron chi connectivity index (χ3n) is 4.25. The van der Waals surface area contributed by atoms with Crippen LogP contribution in [0, 0.1) is 5.82 Å². The van der Waals surface area contributed by atoms with Crippen LogP contribution < -0.4 is 4.90 Å². The first kappa shape index (κ1) is 17.4. The van der Waals surface area contributed by atoms with Crippen LogP contribution >= 0.6 is 0 Å². The number of para-hydroxylation sites is 1. The van der Waals surface area contributed by atoms with E-state index in [4.69, 9.17) is 5.11 Å². The van der Waals surface area contributed by atoms with Gasteiger partial charge in [0.15, 0.2) is 0 Å². The molecule has 1 heterocycles. The van der Waals surface area contributed by atoms with E-state index in [2.05, 4.69) is 4.90 Å². The highest BCUT2D eigenvalue weighted by Gasteiger charge is 2.29. The summed E-state index contributed by atoms with van der Waals surface area (Å²) in [5.41, 5.74) is 0.336. The fourth-order valence-electron chi connectivity index (χ4n) is 3.01. The average Bonchev–Trinajstić information content (AvgIpc) is 2.55. The van der Waals surface area contributed by atoms with Gasteiger partial charge in [0, 0.05) is 32.1 Å². The van der Waals surface area contributed by atoms with Gasteiger partial charge in [-0.25, -0.2) is 4.39 Å². The lowest BCUT2D eigenvalue weighted by Gasteiger charge is -2.38. The van der Waals surface area contributed by atoms with Crippen molar-refractivity contribution in [2.75, 3.05) is 24.5 Å². The van der Waals surface area contributed by atoms with Crippen LogP contribution in [0.1, 0.15) is 32.6 Å². The number of carboxylic acids is 1. The van der Waals surface area contributed by atoms with Gasteiger partial charge in [0.2, 0.25) is 5.91 Å². The Bertz CT molecular complexity index is 557. The molecule has 1 aliphatic rings. The minimum atomic E-state index is -0.804. The first-order valence-corrected chi connectivity index (χ1v) is 8.03. The van der Waals surface area contributed by atoms with Crippen LogP contribution in [0.25, 0.3) is 0 Å². The number of aliphatic carboxylic acids is 1. The van der Waals surface area contributed by atoms with E-state index >= 15 is 0 Å². The molecule has 0 bridgehead atoms. The van der Waals surface area contributed by atoms with E-state index in [0.29, 0.717) is 18.7 Å². The summed E-state index contributed by atoms with van der Waals surface area (Å²) in [7, 11) is 0. The largest absolute Gasteiger partial charge is 0.481 e. The molecule has 5 nitrogen and oxygen atoms in total. The van der Waals surface area contributed by atoms with Gasteiger partial charge in [0.25, 0.3) is 0 Å². The maximum atomic E-state index is 14.1. The molecule has 0 saturated carbocycles. The van der Waals surface area contributed by atoms with Gasteiger partial charge in [-0.1, -0.05) is 19.1 Å². The van der Waals surface area contributed by atoms with Gasteiger partial charge in [0.1, 0.15) is 5.82 Å². The Morgan fingerprint density at radius 2 is 1.96 bits per heavy atom. The van der Waals surface area contributed by atoms with Gasteiger partial charge in [-0.05, 0) is 25.0 Å². The van der Waals surface area contributed by atoms with Crippen LogP contribution in [0.2, 0.25) is 0 Å². The van der Waals surface area contributed by atoms with Crippen LogP contribution in [-0.4, -0.2) is 47.6 Å². The number of benzene rings is 1. The molecule has 1 aliphatic heterocycles. The van der Waals surface area contributed by atoms with Crippen molar-refractivity contribution < 1.29 is 19.1 Å². The van der Waals surface area contributed by atoms with E-state index in [9.17, 15) is 14.0 Å². The van der Waals surface area contributed by atoms with Gasteiger partial charge < -0.3 is 14.9 Å². The Labute approximate surface area is 135 Å². The molecule has 0 unspecified atom stereocenters. The van der Waals surface area contributed by atoms with Crippen LogP contribution in [0.4, 0.5) is 10.1 Å². The molecule has 23 heavy (non-hydrogen) atoms. The zero-order valence-corrected chi connectivity index (χ0v) is 13.4. The minimum Gasteiger partial charge on any atom is -0.481 e. The topological polar surface area (TPSA) is 60.9 Å². The molecule has 0 aliphatic carbocycles. The fourth-order valence-corrected chi connectivity index (χ4v) is 3.01. The van der Waals surface area contributed by atoms with Crippen molar-refractivity contribution in [2.45, 2.75) is 38.6 Å². The first-order chi connectivity index (χ1) is 11.0. The molecule has 1 amide bonds. The lowest BCUT2D eigenvalue weighted by molar-refractivity contribution is -0.137. The number of hydrogen-bond donors (Lipinski definition) is 1. The molecule has 1 saturated heterocycles. The Morgan fingerprint density at radius 1 is 1.30 bits per heavy atom. The van der Waals surface area contributed by atoms with E-state index in [1.165, 1.54) is 6.07 Å². The quantitative estimate of drug-likeness (QED) is 0.874. The first-order valence-electron chi connectivity index (χ1n) is 8.03. The zero-order chi connectivity index (χ0) is 16.8. The normalized spacial score (nSPS) is 16.3. The van der Waals surface area contributed by atoms with Crippen molar-refractivity contribution in [2.24, 2.45) is 0 Å². The summed E-state index contributed by atoms with van der Waals surface area (Å²) in [5, 5.41) is 8.75.